The van der Waals surface area contributed by atoms with E-state index in [0.29, 0.717) is 0 Å². The minimum atomic E-state index is -1.66. The van der Waals surface area contributed by atoms with Gasteiger partial charge in [-0.15, -0.1) is 0 Å². The van der Waals surface area contributed by atoms with Crippen molar-refractivity contribution in [2.75, 3.05) is 13.2 Å². The lowest BCUT2D eigenvalue weighted by Crippen LogP contribution is -2.45. The number of carbonyl (C=O) groups is 1. The molecule has 1 aliphatic rings. The number of rotatable bonds is 6. The maximum atomic E-state index is 14.9. The van der Waals surface area contributed by atoms with Crippen LogP contribution in [-0.4, -0.2) is 40.4 Å². The largest absolute Gasteiger partial charge is 0.462 e. The molecule has 1 saturated heterocycles. The first-order chi connectivity index (χ1) is 12.2. The summed E-state index contributed by atoms with van der Waals surface area (Å²) in [7, 11) is 0. The SMILES string of the molecule is CC(C)C(=O)OC[C@@]1(CN=[N+]=[N-])O[C@@H](n2ccc(=O)[nH]c2=O)[C@H](F)[C@@H]1C. The molecule has 0 amide bonds. The number of nitrogens with zero attached hydrogens (tertiary/aromatic N) is 4. The van der Waals surface area contributed by atoms with Gasteiger partial charge in [-0.3, -0.25) is 19.1 Å². The second kappa shape index (κ2) is 7.71. The van der Waals surface area contributed by atoms with E-state index in [-0.39, 0.29) is 13.2 Å². The summed E-state index contributed by atoms with van der Waals surface area (Å²) < 4.78 is 26.7. The number of aromatic nitrogens is 2. The van der Waals surface area contributed by atoms with E-state index in [1.807, 2.05) is 4.98 Å². The fraction of sp³-hybridized carbons (Fsp3) is 0.667. The molecule has 1 fully saturated rings. The summed E-state index contributed by atoms with van der Waals surface area (Å²) in [5, 5.41) is 3.45. The van der Waals surface area contributed by atoms with Crippen LogP contribution < -0.4 is 11.2 Å². The van der Waals surface area contributed by atoms with Gasteiger partial charge in [-0.2, -0.15) is 0 Å². The maximum Gasteiger partial charge on any atom is 0.330 e. The lowest BCUT2D eigenvalue weighted by atomic mass is 9.88. The van der Waals surface area contributed by atoms with E-state index in [4.69, 9.17) is 15.0 Å². The third-order valence-electron chi connectivity index (χ3n) is 4.39. The van der Waals surface area contributed by atoms with Crippen LogP contribution in [0.15, 0.2) is 27.0 Å². The molecule has 1 aromatic rings. The number of aromatic amines is 1. The van der Waals surface area contributed by atoms with Gasteiger partial charge < -0.3 is 9.47 Å². The van der Waals surface area contributed by atoms with Crippen molar-refractivity contribution in [2.45, 2.75) is 38.8 Å². The molecule has 0 aliphatic carbocycles. The van der Waals surface area contributed by atoms with Gasteiger partial charge >= 0.3 is 11.7 Å². The molecule has 0 saturated carbocycles. The fourth-order valence-corrected chi connectivity index (χ4v) is 2.69. The van der Waals surface area contributed by atoms with E-state index >= 15 is 0 Å². The van der Waals surface area contributed by atoms with Crippen molar-refractivity contribution < 1.29 is 18.7 Å². The van der Waals surface area contributed by atoms with Gasteiger partial charge in [-0.05, 0) is 5.53 Å². The minimum Gasteiger partial charge on any atom is -0.462 e. The molecule has 0 aromatic carbocycles. The van der Waals surface area contributed by atoms with Gasteiger partial charge in [-0.1, -0.05) is 25.9 Å². The lowest BCUT2D eigenvalue weighted by molar-refractivity contribution is -0.163. The van der Waals surface area contributed by atoms with E-state index in [1.165, 1.54) is 6.92 Å². The van der Waals surface area contributed by atoms with Crippen LogP contribution in [0, 0.1) is 11.8 Å². The van der Waals surface area contributed by atoms with Crippen LogP contribution >= 0.6 is 0 Å². The van der Waals surface area contributed by atoms with Gasteiger partial charge in [0.1, 0.15) is 12.2 Å². The van der Waals surface area contributed by atoms with E-state index < -0.39 is 47.1 Å². The molecule has 26 heavy (non-hydrogen) atoms. The molecule has 11 heteroatoms. The first-order valence-corrected chi connectivity index (χ1v) is 8.02. The Kier molecular flexibility index (Phi) is 5.83. The number of halogens is 1. The van der Waals surface area contributed by atoms with Crippen LogP contribution in [0.1, 0.15) is 27.0 Å². The van der Waals surface area contributed by atoms with Crippen LogP contribution in [-0.2, 0) is 14.3 Å². The molecule has 142 valence electrons. The summed E-state index contributed by atoms with van der Waals surface area (Å²) in [5.74, 6) is -1.76. The molecule has 0 bridgehead atoms. The highest BCUT2D eigenvalue weighted by Gasteiger charge is 2.54. The third-order valence-corrected chi connectivity index (χ3v) is 4.39. The molecule has 1 N–H and O–H groups in total. The van der Waals surface area contributed by atoms with Gasteiger partial charge in [0.2, 0.25) is 0 Å². The average molecular weight is 369 g/mol. The Balaban J connectivity index is 2.36. The van der Waals surface area contributed by atoms with Crippen LogP contribution in [0.3, 0.4) is 0 Å². The molecule has 0 unspecified atom stereocenters. The summed E-state index contributed by atoms with van der Waals surface area (Å²) in [6, 6.07) is 1.06. The van der Waals surface area contributed by atoms with Crippen molar-refractivity contribution in [2.24, 2.45) is 17.0 Å². The Morgan fingerprint density at radius 3 is 2.85 bits per heavy atom. The summed E-state index contributed by atoms with van der Waals surface area (Å²) in [5.41, 5.74) is 5.73. The molecule has 4 atom stereocenters. The van der Waals surface area contributed by atoms with Crippen molar-refractivity contribution in [3.8, 4) is 0 Å². The Morgan fingerprint density at radius 2 is 2.27 bits per heavy atom. The van der Waals surface area contributed by atoms with Gasteiger partial charge in [0.15, 0.2) is 12.4 Å². The molecule has 0 radical (unpaired) electrons. The zero-order valence-corrected chi connectivity index (χ0v) is 14.6. The van der Waals surface area contributed by atoms with Gasteiger partial charge in [-0.25, -0.2) is 9.18 Å². The van der Waals surface area contributed by atoms with Crippen LogP contribution in [0.5, 0.6) is 0 Å². The van der Waals surface area contributed by atoms with E-state index in [0.717, 1.165) is 16.8 Å². The predicted molar refractivity (Wildman–Crippen MR) is 88.0 cm³/mol. The number of azide groups is 1. The molecule has 2 rings (SSSR count). The highest BCUT2D eigenvalue weighted by atomic mass is 19.1. The number of esters is 1. The fourth-order valence-electron chi connectivity index (χ4n) is 2.69. The number of hydrogen-bond donors (Lipinski definition) is 1. The molecular weight excluding hydrogens is 349 g/mol. The Morgan fingerprint density at radius 1 is 1.58 bits per heavy atom. The zero-order chi connectivity index (χ0) is 19.5. The number of carbonyl (C=O) groups excluding carboxylic acids is 1. The van der Waals surface area contributed by atoms with Crippen LogP contribution in [0.4, 0.5) is 4.39 Å². The topological polar surface area (TPSA) is 139 Å². The van der Waals surface area contributed by atoms with Crippen molar-refractivity contribution in [1.29, 1.82) is 0 Å². The van der Waals surface area contributed by atoms with Crippen molar-refractivity contribution in [3.05, 3.63) is 43.5 Å². The number of hydrogen-bond acceptors (Lipinski definition) is 6. The second-order valence-electron chi connectivity index (χ2n) is 6.48. The van der Waals surface area contributed by atoms with Crippen LogP contribution in [0.25, 0.3) is 10.4 Å². The molecule has 1 aliphatic heterocycles. The molecule has 0 spiro atoms. The van der Waals surface area contributed by atoms with E-state index in [2.05, 4.69) is 10.0 Å². The van der Waals surface area contributed by atoms with Crippen LogP contribution in [0.2, 0.25) is 0 Å². The quantitative estimate of drug-likeness (QED) is 0.348. The Bertz CT molecular complexity index is 830. The smallest absolute Gasteiger partial charge is 0.330 e. The first-order valence-electron chi connectivity index (χ1n) is 8.02. The second-order valence-corrected chi connectivity index (χ2v) is 6.48. The molecular formula is C15H20FN5O5. The molecule has 2 heterocycles. The van der Waals surface area contributed by atoms with Crippen molar-refractivity contribution >= 4 is 5.97 Å². The maximum absolute atomic E-state index is 14.9. The predicted octanol–water partition coefficient (Wildman–Crippen LogP) is 1.29. The molecule has 1 aromatic heterocycles. The summed E-state index contributed by atoms with van der Waals surface area (Å²) in [4.78, 5) is 39.6. The van der Waals surface area contributed by atoms with Gasteiger partial charge in [0.25, 0.3) is 5.56 Å². The summed E-state index contributed by atoms with van der Waals surface area (Å²) in [6.45, 7) is 4.17. The van der Waals surface area contributed by atoms with Crippen molar-refractivity contribution in [3.63, 3.8) is 0 Å². The highest BCUT2D eigenvalue weighted by molar-refractivity contribution is 5.71. The van der Waals surface area contributed by atoms with E-state index in [9.17, 15) is 18.8 Å². The Hall–Kier alpha value is -2.65. The first kappa shape index (κ1) is 19.7. The van der Waals surface area contributed by atoms with Gasteiger partial charge in [0.05, 0.1) is 12.5 Å². The van der Waals surface area contributed by atoms with Gasteiger partial charge in [0, 0.05) is 23.1 Å². The van der Waals surface area contributed by atoms with Crippen molar-refractivity contribution in [1.82, 2.24) is 9.55 Å². The summed E-state index contributed by atoms with van der Waals surface area (Å²) in [6.07, 6.45) is -1.90. The van der Waals surface area contributed by atoms with E-state index in [1.54, 1.807) is 13.8 Å². The highest BCUT2D eigenvalue weighted by Crippen LogP contribution is 2.43. The molecule has 10 nitrogen and oxygen atoms in total. The lowest BCUT2D eigenvalue weighted by Gasteiger charge is -2.31. The summed E-state index contributed by atoms with van der Waals surface area (Å²) >= 11 is 0. The number of ether oxygens (including phenoxy) is 2. The number of H-pyrrole nitrogens is 1. The monoisotopic (exact) mass is 369 g/mol. The normalized spacial score (nSPS) is 28.0. The number of alkyl halides is 1. The minimum absolute atomic E-state index is 0.287. The number of nitrogens with one attached hydrogen (secondary N) is 1. The Labute approximate surface area is 147 Å². The average Bonchev–Trinajstić information content (AvgIpc) is 2.83. The zero-order valence-electron chi connectivity index (χ0n) is 14.6. The standard InChI is InChI=1S/C15H20FN5O5/c1-8(2)13(23)25-7-15(6-18-20-17)9(3)11(16)12(26-15)21-5-4-10(22)19-14(21)24/h4-5,8-9,11-12H,6-7H2,1-3H3,(H,19,22,24)/t9-,11+,12+,15+/m0/s1. The third kappa shape index (κ3) is 3.78.